The lowest BCUT2D eigenvalue weighted by molar-refractivity contribution is 0.737. The minimum absolute atomic E-state index is 0.139. The number of halogens is 1. The van der Waals surface area contributed by atoms with Crippen LogP contribution in [-0.2, 0) is 13.5 Å². The van der Waals surface area contributed by atoms with Crippen LogP contribution in [0.5, 0.6) is 0 Å². The fraction of sp³-hybridized carbons (Fsp3) is 0.308. The van der Waals surface area contributed by atoms with Crippen molar-refractivity contribution in [2.45, 2.75) is 19.4 Å². The molecule has 0 amide bonds. The van der Waals surface area contributed by atoms with Crippen LogP contribution in [0.1, 0.15) is 12.5 Å². The van der Waals surface area contributed by atoms with E-state index in [1.54, 1.807) is 0 Å². The summed E-state index contributed by atoms with van der Waals surface area (Å²) in [6.45, 7) is 2.01. The fourth-order valence-corrected chi connectivity index (χ4v) is 2.45. The van der Waals surface area contributed by atoms with Gasteiger partial charge in [0, 0.05) is 23.1 Å². The van der Waals surface area contributed by atoms with Crippen molar-refractivity contribution in [3.05, 3.63) is 40.5 Å². The van der Waals surface area contributed by atoms with Crippen molar-refractivity contribution in [2.24, 2.45) is 12.8 Å². The van der Waals surface area contributed by atoms with Crippen LogP contribution in [0.2, 0.25) is 0 Å². The molecule has 2 aromatic rings. The van der Waals surface area contributed by atoms with Crippen molar-refractivity contribution in [1.82, 2.24) is 9.78 Å². The third-order valence-corrected chi connectivity index (χ3v) is 3.38. The minimum atomic E-state index is 0.139. The van der Waals surface area contributed by atoms with Gasteiger partial charge in [-0.15, -0.1) is 0 Å². The van der Waals surface area contributed by atoms with E-state index in [1.807, 2.05) is 43.0 Å². The third-order valence-electron chi connectivity index (χ3n) is 2.69. The lowest BCUT2D eigenvalue weighted by Gasteiger charge is -2.10. The van der Waals surface area contributed by atoms with Gasteiger partial charge < -0.3 is 5.73 Å². The Morgan fingerprint density at radius 3 is 2.76 bits per heavy atom. The molecule has 1 aromatic heterocycles. The molecule has 0 bridgehead atoms. The molecule has 0 saturated heterocycles. The van der Waals surface area contributed by atoms with Gasteiger partial charge in [0.15, 0.2) is 0 Å². The average Bonchev–Trinajstić information content (AvgIpc) is 2.60. The van der Waals surface area contributed by atoms with E-state index in [0.29, 0.717) is 0 Å². The first-order valence-corrected chi connectivity index (χ1v) is 6.40. The Balaban J connectivity index is 2.51. The van der Waals surface area contributed by atoms with E-state index in [4.69, 9.17) is 5.73 Å². The highest BCUT2D eigenvalue weighted by Gasteiger charge is 2.14. The fourth-order valence-electron chi connectivity index (χ4n) is 1.98. The number of rotatable bonds is 3. The predicted molar refractivity (Wildman–Crippen MR) is 73.7 cm³/mol. The van der Waals surface area contributed by atoms with E-state index in [9.17, 15) is 0 Å². The van der Waals surface area contributed by atoms with E-state index in [1.165, 1.54) is 5.56 Å². The van der Waals surface area contributed by atoms with Crippen LogP contribution in [-0.4, -0.2) is 15.8 Å². The Bertz CT molecular complexity index is 517. The molecule has 3 nitrogen and oxygen atoms in total. The second kappa shape index (κ2) is 5.02. The second-order valence-electron chi connectivity index (χ2n) is 4.30. The summed E-state index contributed by atoms with van der Waals surface area (Å²) in [6, 6.07) is 8.31. The molecule has 1 heterocycles. The van der Waals surface area contributed by atoms with Crippen LogP contribution in [0.3, 0.4) is 0 Å². The topological polar surface area (TPSA) is 43.8 Å². The molecule has 4 heteroatoms. The molecule has 0 saturated carbocycles. The van der Waals surface area contributed by atoms with E-state index < -0.39 is 0 Å². The third kappa shape index (κ3) is 2.58. The van der Waals surface area contributed by atoms with E-state index >= 15 is 0 Å². The summed E-state index contributed by atoms with van der Waals surface area (Å²) in [5.41, 5.74) is 9.35. The molecule has 2 rings (SSSR count). The molecule has 0 spiro atoms. The van der Waals surface area contributed by atoms with Gasteiger partial charge in [-0.2, -0.15) is 5.10 Å². The minimum Gasteiger partial charge on any atom is -0.328 e. The molecule has 0 fully saturated rings. The Morgan fingerprint density at radius 1 is 1.41 bits per heavy atom. The molecule has 17 heavy (non-hydrogen) atoms. The highest BCUT2D eigenvalue weighted by molar-refractivity contribution is 9.10. The molecule has 90 valence electrons. The lowest BCUT2D eigenvalue weighted by atomic mass is 10.0. The molecule has 0 aliphatic heterocycles. The maximum Gasteiger partial charge on any atom is 0.0722 e. The summed E-state index contributed by atoms with van der Waals surface area (Å²) >= 11 is 3.58. The summed E-state index contributed by atoms with van der Waals surface area (Å²) in [6.07, 6.45) is 2.74. The van der Waals surface area contributed by atoms with Gasteiger partial charge in [-0.1, -0.05) is 34.1 Å². The molecule has 2 N–H and O–H groups in total. The zero-order chi connectivity index (χ0) is 12.4. The van der Waals surface area contributed by atoms with Crippen LogP contribution >= 0.6 is 15.9 Å². The van der Waals surface area contributed by atoms with Crippen LogP contribution in [0.25, 0.3) is 11.3 Å². The zero-order valence-electron chi connectivity index (χ0n) is 10.0. The highest BCUT2D eigenvalue weighted by Crippen LogP contribution is 2.30. The first-order chi connectivity index (χ1) is 8.09. The average molecular weight is 294 g/mol. The number of aryl methyl sites for hydroxylation is 1. The second-order valence-corrected chi connectivity index (χ2v) is 5.16. The van der Waals surface area contributed by atoms with Crippen LogP contribution in [0, 0.1) is 0 Å². The van der Waals surface area contributed by atoms with Gasteiger partial charge in [0.25, 0.3) is 0 Å². The smallest absolute Gasteiger partial charge is 0.0722 e. The Morgan fingerprint density at radius 2 is 2.12 bits per heavy atom. The quantitative estimate of drug-likeness (QED) is 0.946. The zero-order valence-corrected chi connectivity index (χ0v) is 11.6. The standard InChI is InChI=1S/C13H16BrN3/c1-9(15)7-10-8-16-17(2)13(10)11-5-3-4-6-12(11)14/h3-6,8-9H,7,15H2,1-2H3. The first-order valence-electron chi connectivity index (χ1n) is 5.61. The van der Waals surface area contributed by atoms with E-state index in [-0.39, 0.29) is 6.04 Å². The largest absolute Gasteiger partial charge is 0.328 e. The van der Waals surface area contributed by atoms with Crippen LogP contribution in [0.4, 0.5) is 0 Å². The summed E-state index contributed by atoms with van der Waals surface area (Å²) in [5, 5.41) is 4.33. The number of nitrogens with zero attached hydrogens (tertiary/aromatic N) is 2. The molecule has 0 radical (unpaired) electrons. The Hall–Kier alpha value is -1.13. The lowest BCUT2D eigenvalue weighted by Crippen LogP contribution is -2.18. The van der Waals surface area contributed by atoms with E-state index in [2.05, 4.69) is 27.1 Å². The number of nitrogens with two attached hydrogens (primary N) is 1. The number of hydrogen-bond donors (Lipinski definition) is 1. The van der Waals surface area contributed by atoms with Crippen molar-refractivity contribution in [3.63, 3.8) is 0 Å². The summed E-state index contributed by atoms with van der Waals surface area (Å²) in [5.74, 6) is 0. The molecule has 0 aliphatic carbocycles. The monoisotopic (exact) mass is 293 g/mol. The van der Waals surface area contributed by atoms with Gasteiger partial charge in [-0.3, -0.25) is 4.68 Å². The summed E-state index contributed by atoms with van der Waals surface area (Å²) in [7, 11) is 1.96. The normalized spacial score (nSPS) is 12.7. The summed E-state index contributed by atoms with van der Waals surface area (Å²) in [4.78, 5) is 0. The first kappa shape index (κ1) is 12.3. The molecule has 0 aliphatic rings. The molecule has 1 unspecified atom stereocenters. The van der Waals surface area contributed by atoms with Gasteiger partial charge in [-0.25, -0.2) is 0 Å². The maximum atomic E-state index is 5.87. The van der Waals surface area contributed by atoms with Gasteiger partial charge in [0.2, 0.25) is 0 Å². The van der Waals surface area contributed by atoms with Gasteiger partial charge in [0.05, 0.1) is 11.9 Å². The summed E-state index contributed by atoms with van der Waals surface area (Å²) < 4.78 is 2.98. The maximum absolute atomic E-state index is 5.87. The molecule has 1 aromatic carbocycles. The van der Waals surface area contributed by atoms with Crippen molar-refractivity contribution in [1.29, 1.82) is 0 Å². The van der Waals surface area contributed by atoms with Crippen molar-refractivity contribution in [2.75, 3.05) is 0 Å². The molecular formula is C13H16BrN3. The molecule has 1 atom stereocenters. The van der Waals surface area contributed by atoms with Crippen molar-refractivity contribution >= 4 is 15.9 Å². The SMILES string of the molecule is CC(N)Cc1cnn(C)c1-c1ccccc1Br. The molecular weight excluding hydrogens is 278 g/mol. The van der Waals surface area contributed by atoms with Crippen molar-refractivity contribution in [3.8, 4) is 11.3 Å². The number of benzene rings is 1. The Labute approximate surface area is 110 Å². The Kier molecular flexibility index (Phi) is 3.64. The number of hydrogen-bond acceptors (Lipinski definition) is 2. The van der Waals surface area contributed by atoms with Gasteiger partial charge in [0.1, 0.15) is 0 Å². The van der Waals surface area contributed by atoms with Crippen LogP contribution < -0.4 is 5.73 Å². The van der Waals surface area contributed by atoms with Crippen molar-refractivity contribution < 1.29 is 0 Å². The number of aromatic nitrogens is 2. The van der Waals surface area contributed by atoms with Crippen LogP contribution in [0.15, 0.2) is 34.9 Å². The predicted octanol–water partition coefficient (Wildman–Crippen LogP) is 2.74. The van der Waals surface area contributed by atoms with Gasteiger partial charge >= 0.3 is 0 Å². The van der Waals surface area contributed by atoms with E-state index in [0.717, 1.165) is 22.2 Å². The highest BCUT2D eigenvalue weighted by atomic mass is 79.9. The van der Waals surface area contributed by atoms with Gasteiger partial charge in [-0.05, 0) is 25.0 Å².